The van der Waals surface area contributed by atoms with E-state index in [0.29, 0.717) is 6.29 Å². The van der Waals surface area contributed by atoms with Gasteiger partial charge in [0, 0.05) is 5.56 Å². The zero-order valence-electron chi connectivity index (χ0n) is 11.0. The molecule has 0 saturated heterocycles. The Balaban J connectivity index is 3.87. The molecule has 1 rings (SSSR count). The Bertz CT molecular complexity index is 550. The zero-order chi connectivity index (χ0) is 15.0. The van der Waals surface area contributed by atoms with E-state index in [1.807, 2.05) is 0 Å². The molecular weight excluding hydrogens is 260 g/mol. The summed E-state index contributed by atoms with van der Waals surface area (Å²) in [5.41, 5.74) is -1.33. The summed E-state index contributed by atoms with van der Waals surface area (Å²) in [6.45, 7) is -1.44. The van der Waals surface area contributed by atoms with Crippen LogP contribution in [0.2, 0.25) is 0 Å². The van der Waals surface area contributed by atoms with E-state index in [0.717, 1.165) is 7.11 Å². The highest BCUT2D eigenvalue weighted by Crippen LogP contribution is 2.25. The van der Waals surface area contributed by atoms with Gasteiger partial charge in [0.05, 0.1) is 12.7 Å². The molecule has 0 N–H and O–H groups in total. The van der Waals surface area contributed by atoms with Crippen molar-refractivity contribution in [2.75, 3.05) is 7.11 Å². The van der Waals surface area contributed by atoms with Gasteiger partial charge in [-0.2, -0.15) is 0 Å². The second-order valence-electron chi connectivity index (χ2n) is 4.26. The summed E-state index contributed by atoms with van der Waals surface area (Å²) in [6, 6.07) is 0. The molecule has 0 heterocycles. The van der Waals surface area contributed by atoms with Crippen LogP contribution in [0.25, 0.3) is 0 Å². The SMILES string of the molecule is COC(=O)c1c(C)c(C=O)c(C)c([B-](F)(F)F)c1C. The predicted molar refractivity (Wildman–Crippen MR) is 66.1 cm³/mol. The molecule has 0 bridgehead atoms. The first-order chi connectivity index (χ1) is 8.66. The van der Waals surface area contributed by atoms with E-state index in [2.05, 4.69) is 4.74 Å². The molecule has 104 valence electrons. The predicted octanol–water partition coefficient (Wildman–Crippen LogP) is 2.27. The zero-order valence-corrected chi connectivity index (χ0v) is 11.0. The minimum atomic E-state index is -5.32. The molecule has 0 radical (unpaired) electrons. The van der Waals surface area contributed by atoms with Crippen LogP contribution in [0.15, 0.2) is 0 Å². The Morgan fingerprint density at radius 2 is 1.63 bits per heavy atom. The third-order valence-electron chi connectivity index (χ3n) is 3.20. The Morgan fingerprint density at radius 1 is 1.11 bits per heavy atom. The van der Waals surface area contributed by atoms with Gasteiger partial charge in [-0.25, -0.2) is 4.79 Å². The van der Waals surface area contributed by atoms with Gasteiger partial charge in [0.25, 0.3) is 0 Å². The van der Waals surface area contributed by atoms with Gasteiger partial charge in [-0.3, -0.25) is 4.79 Å². The minimum Gasteiger partial charge on any atom is -0.465 e. The van der Waals surface area contributed by atoms with E-state index in [-0.39, 0.29) is 27.8 Å². The molecule has 0 aliphatic heterocycles. The van der Waals surface area contributed by atoms with Gasteiger partial charge in [-0.15, -0.1) is 5.46 Å². The Morgan fingerprint density at radius 3 is 2.00 bits per heavy atom. The second kappa shape index (κ2) is 5.07. The summed E-state index contributed by atoms with van der Waals surface area (Å²) in [7, 11) is 1.08. The van der Waals surface area contributed by atoms with E-state index in [4.69, 9.17) is 0 Å². The fraction of sp³-hybridized carbons (Fsp3) is 0.333. The van der Waals surface area contributed by atoms with Gasteiger partial charge in [0.1, 0.15) is 6.29 Å². The van der Waals surface area contributed by atoms with Crippen LogP contribution in [0, 0.1) is 20.8 Å². The average Bonchev–Trinajstić information content (AvgIpc) is 2.26. The molecule has 19 heavy (non-hydrogen) atoms. The number of hydrogen-bond acceptors (Lipinski definition) is 3. The van der Waals surface area contributed by atoms with E-state index in [1.165, 1.54) is 20.8 Å². The molecule has 0 aromatic heterocycles. The highest BCUT2D eigenvalue weighted by atomic mass is 19.4. The summed E-state index contributed by atoms with van der Waals surface area (Å²) in [5, 5.41) is 0. The van der Waals surface area contributed by atoms with E-state index in [9.17, 15) is 22.5 Å². The highest BCUT2D eigenvalue weighted by molar-refractivity contribution is 6.74. The number of aldehydes is 1. The largest absolute Gasteiger partial charge is 0.510 e. The average molecular weight is 273 g/mol. The number of halogens is 3. The molecule has 1 aromatic rings. The number of hydrogen-bond donors (Lipinski definition) is 0. The van der Waals surface area contributed by atoms with Crippen molar-refractivity contribution in [3.63, 3.8) is 0 Å². The maximum atomic E-state index is 13.1. The van der Waals surface area contributed by atoms with Crippen molar-refractivity contribution in [3.8, 4) is 0 Å². The van der Waals surface area contributed by atoms with Crippen molar-refractivity contribution in [1.82, 2.24) is 0 Å². The first kappa shape index (κ1) is 15.3. The Labute approximate surface area is 108 Å². The molecule has 1 aromatic carbocycles. The van der Waals surface area contributed by atoms with Crippen molar-refractivity contribution in [3.05, 3.63) is 27.8 Å². The summed E-state index contributed by atoms with van der Waals surface area (Å²) in [4.78, 5) is 22.6. The monoisotopic (exact) mass is 273 g/mol. The maximum absolute atomic E-state index is 13.1. The fourth-order valence-corrected chi connectivity index (χ4v) is 2.33. The molecule has 0 saturated carbocycles. The van der Waals surface area contributed by atoms with Crippen LogP contribution in [-0.4, -0.2) is 26.3 Å². The third-order valence-corrected chi connectivity index (χ3v) is 3.20. The second-order valence-corrected chi connectivity index (χ2v) is 4.26. The van der Waals surface area contributed by atoms with Crippen molar-refractivity contribution >= 4 is 24.7 Å². The smallest absolute Gasteiger partial charge is 0.465 e. The molecular formula is C12H13BF3O3-. The third kappa shape index (κ3) is 2.50. The topological polar surface area (TPSA) is 43.4 Å². The van der Waals surface area contributed by atoms with Crippen molar-refractivity contribution < 1.29 is 27.3 Å². The molecule has 0 aliphatic carbocycles. The molecule has 0 atom stereocenters. The number of carbonyl (C=O) groups excluding carboxylic acids is 2. The standard InChI is InChI=1S/C12H13BF3O3/c1-6-9(5-17)7(2)11(13(14,15)16)8(3)10(6)12(18)19-4/h5H,1-4H3/q-1. The molecule has 7 heteroatoms. The van der Waals surface area contributed by atoms with Crippen LogP contribution < -0.4 is 5.46 Å². The van der Waals surface area contributed by atoms with Crippen LogP contribution in [0.4, 0.5) is 12.9 Å². The molecule has 3 nitrogen and oxygen atoms in total. The van der Waals surface area contributed by atoms with Gasteiger partial charge in [0.2, 0.25) is 0 Å². The van der Waals surface area contributed by atoms with E-state index in [1.54, 1.807) is 0 Å². The lowest BCUT2D eigenvalue weighted by molar-refractivity contribution is 0.0599. The first-order valence-electron chi connectivity index (χ1n) is 5.53. The van der Waals surface area contributed by atoms with Gasteiger partial charge in [-0.05, 0) is 26.3 Å². The van der Waals surface area contributed by atoms with Crippen molar-refractivity contribution in [1.29, 1.82) is 0 Å². The van der Waals surface area contributed by atoms with Crippen LogP contribution >= 0.6 is 0 Å². The van der Waals surface area contributed by atoms with Gasteiger partial charge >= 0.3 is 12.9 Å². The number of ether oxygens (including phenoxy) is 1. The number of methoxy groups -OCH3 is 1. The van der Waals surface area contributed by atoms with Crippen LogP contribution in [0.5, 0.6) is 0 Å². The minimum absolute atomic E-state index is 0.111. The van der Waals surface area contributed by atoms with Crippen LogP contribution in [-0.2, 0) is 4.74 Å². The summed E-state index contributed by atoms with van der Waals surface area (Å²) >= 11 is 0. The van der Waals surface area contributed by atoms with Crippen molar-refractivity contribution in [2.45, 2.75) is 20.8 Å². The van der Waals surface area contributed by atoms with Gasteiger partial charge < -0.3 is 17.7 Å². The quantitative estimate of drug-likeness (QED) is 0.482. The number of benzene rings is 1. The van der Waals surface area contributed by atoms with Gasteiger partial charge in [0.15, 0.2) is 0 Å². The molecule has 0 unspecified atom stereocenters. The van der Waals surface area contributed by atoms with Gasteiger partial charge in [-0.1, -0.05) is 11.1 Å². The van der Waals surface area contributed by atoms with Crippen LogP contribution in [0.3, 0.4) is 0 Å². The van der Waals surface area contributed by atoms with E-state index < -0.39 is 18.4 Å². The van der Waals surface area contributed by atoms with E-state index >= 15 is 0 Å². The number of carbonyl (C=O) groups is 2. The number of rotatable bonds is 3. The Hall–Kier alpha value is -1.79. The highest BCUT2D eigenvalue weighted by Gasteiger charge is 2.33. The lowest BCUT2D eigenvalue weighted by Crippen LogP contribution is -2.40. The number of esters is 1. The van der Waals surface area contributed by atoms with Crippen LogP contribution in [0.1, 0.15) is 37.4 Å². The summed E-state index contributed by atoms with van der Waals surface area (Å²) < 4.78 is 43.8. The maximum Gasteiger partial charge on any atom is 0.510 e. The summed E-state index contributed by atoms with van der Waals surface area (Å²) in [6.07, 6.45) is 0.335. The Kier molecular flexibility index (Phi) is 4.07. The molecule has 0 spiro atoms. The lowest BCUT2D eigenvalue weighted by atomic mass is 9.70. The first-order valence-corrected chi connectivity index (χ1v) is 5.53. The molecule has 0 fully saturated rings. The lowest BCUT2D eigenvalue weighted by Gasteiger charge is -2.25. The summed E-state index contributed by atoms with van der Waals surface area (Å²) in [5.74, 6) is -0.876. The normalized spacial score (nSPS) is 11.3. The fourth-order valence-electron chi connectivity index (χ4n) is 2.33. The van der Waals surface area contributed by atoms with Crippen molar-refractivity contribution in [2.24, 2.45) is 0 Å². The molecule has 0 aliphatic rings. The molecule has 0 amide bonds.